The number of halogens is 1. The maximum atomic E-state index is 13.6. The van der Waals surface area contributed by atoms with Crippen LogP contribution in [0.1, 0.15) is 12.0 Å². The van der Waals surface area contributed by atoms with Gasteiger partial charge >= 0.3 is 6.03 Å². The smallest absolute Gasteiger partial charge is 0.322 e. The average Bonchev–Trinajstić information content (AvgIpc) is 2.56. The Balaban J connectivity index is 2.20. The highest BCUT2D eigenvalue weighted by atomic mass is 19.1. The van der Waals surface area contributed by atoms with Crippen molar-refractivity contribution in [3.63, 3.8) is 0 Å². The molecule has 0 aliphatic carbocycles. The fourth-order valence-electron chi connectivity index (χ4n) is 2.29. The number of fused-ring (bicyclic) bond motifs is 2. The predicted molar refractivity (Wildman–Crippen MR) is 54.9 cm³/mol. The first-order valence-corrected chi connectivity index (χ1v) is 5.19. The highest BCUT2D eigenvalue weighted by Gasteiger charge is 2.51. The number of carbonyl (C=O) groups excluding carboxylic acids is 2. The van der Waals surface area contributed by atoms with Crippen LogP contribution in [0.15, 0.2) is 18.2 Å². The zero-order chi connectivity index (χ0) is 12.0. The van der Waals surface area contributed by atoms with Crippen LogP contribution in [0.4, 0.5) is 9.18 Å². The number of urea groups is 1. The molecule has 0 radical (unpaired) electrons. The fourth-order valence-corrected chi connectivity index (χ4v) is 2.29. The van der Waals surface area contributed by atoms with Gasteiger partial charge in [-0.1, -0.05) is 12.1 Å². The summed E-state index contributed by atoms with van der Waals surface area (Å²) in [7, 11) is 0. The minimum atomic E-state index is -1.19. The summed E-state index contributed by atoms with van der Waals surface area (Å²) in [5.74, 6) is -0.954. The summed E-state index contributed by atoms with van der Waals surface area (Å²) >= 11 is 0. The molecule has 1 atom stereocenters. The molecule has 1 aromatic carbocycles. The van der Waals surface area contributed by atoms with Crippen LogP contribution >= 0.6 is 0 Å². The molecule has 0 aromatic heterocycles. The van der Waals surface area contributed by atoms with E-state index in [9.17, 15) is 14.0 Å². The molecular formula is C11H9FN2O3. The second-order valence-electron chi connectivity index (χ2n) is 4.03. The lowest BCUT2D eigenvalue weighted by molar-refractivity contribution is -0.125. The van der Waals surface area contributed by atoms with Gasteiger partial charge in [0.05, 0.1) is 6.61 Å². The van der Waals surface area contributed by atoms with Gasteiger partial charge in [-0.25, -0.2) is 9.18 Å². The van der Waals surface area contributed by atoms with E-state index in [1.165, 1.54) is 12.1 Å². The summed E-state index contributed by atoms with van der Waals surface area (Å²) in [5, 5.41) is 4.73. The average molecular weight is 236 g/mol. The molecule has 3 amide bonds. The first-order valence-electron chi connectivity index (χ1n) is 5.19. The molecule has 17 heavy (non-hydrogen) atoms. The van der Waals surface area contributed by atoms with Gasteiger partial charge in [-0.3, -0.25) is 10.1 Å². The van der Waals surface area contributed by atoms with Gasteiger partial charge in [-0.2, -0.15) is 0 Å². The van der Waals surface area contributed by atoms with Crippen molar-refractivity contribution in [3.8, 4) is 5.75 Å². The number of para-hydroxylation sites is 1. The topological polar surface area (TPSA) is 67.4 Å². The third-order valence-electron chi connectivity index (χ3n) is 3.09. The van der Waals surface area contributed by atoms with E-state index in [-0.39, 0.29) is 12.4 Å². The summed E-state index contributed by atoms with van der Waals surface area (Å²) in [6.45, 7) is 0.182. The monoisotopic (exact) mass is 236 g/mol. The Kier molecular flexibility index (Phi) is 1.89. The lowest BCUT2D eigenvalue weighted by Gasteiger charge is -2.32. The number of benzene rings is 1. The number of carbonyl (C=O) groups is 2. The molecule has 2 aliphatic rings. The van der Waals surface area contributed by atoms with E-state index >= 15 is 0 Å². The summed E-state index contributed by atoms with van der Waals surface area (Å²) in [6.07, 6.45) is 0.293. The molecule has 1 saturated heterocycles. The molecule has 0 bridgehead atoms. The van der Waals surface area contributed by atoms with E-state index in [2.05, 4.69) is 10.6 Å². The molecule has 0 saturated carbocycles. The number of hydrogen-bond acceptors (Lipinski definition) is 3. The predicted octanol–water partition coefficient (Wildman–Crippen LogP) is 0.643. The van der Waals surface area contributed by atoms with Crippen LogP contribution in [-0.2, 0) is 10.3 Å². The van der Waals surface area contributed by atoms with E-state index in [1.54, 1.807) is 6.07 Å². The van der Waals surface area contributed by atoms with Crippen molar-refractivity contribution >= 4 is 11.9 Å². The van der Waals surface area contributed by atoms with E-state index in [0.717, 1.165) is 0 Å². The van der Waals surface area contributed by atoms with Gasteiger partial charge in [0.25, 0.3) is 5.91 Å². The number of ether oxygens (including phenoxy) is 1. The first-order chi connectivity index (χ1) is 8.13. The zero-order valence-electron chi connectivity index (χ0n) is 8.75. The molecule has 6 heteroatoms. The maximum absolute atomic E-state index is 13.6. The van der Waals surface area contributed by atoms with Crippen LogP contribution in [0.2, 0.25) is 0 Å². The largest absolute Gasteiger partial charge is 0.490 e. The summed E-state index contributed by atoms with van der Waals surface area (Å²) < 4.78 is 18.8. The number of imide groups is 1. The van der Waals surface area contributed by atoms with Gasteiger partial charge in [0.2, 0.25) is 0 Å². The van der Waals surface area contributed by atoms with Crippen LogP contribution in [0.25, 0.3) is 0 Å². The van der Waals surface area contributed by atoms with E-state index in [4.69, 9.17) is 4.74 Å². The molecule has 2 aliphatic heterocycles. The standard InChI is InChI=1S/C11H9FN2O3/c12-7-3-1-2-6-8(7)17-5-4-11(6)9(15)13-10(16)14-11/h1-3H,4-5H2,(H2,13,14,15,16). The van der Waals surface area contributed by atoms with E-state index in [0.29, 0.717) is 12.0 Å². The number of hydrogen-bond donors (Lipinski definition) is 2. The second-order valence-corrected chi connectivity index (χ2v) is 4.03. The molecule has 1 aromatic rings. The molecule has 2 N–H and O–H groups in total. The Hall–Kier alpha value is -2.11. The number of rotatable bonds is 0. The molecule has 1 fully saturated rings. The normalized spacial score (nSPS) is 26.2. The third kappa shape index (κ3) is 1.23. The van der Waals surface area contributed by atoms with Crippen LogP contribution in [0.3, 0.4) is 0 Å². The number of amides is 3. The highest BCUT2D eigenvalue weighted by molar-refractivity contribution is 6.07. The van der Waals surface area contributed by atoms with Crippen LogP contribution in [0.5, 0.6) is 5.75 Å². The van der Waals surface area contributed by atoms with Crippen molar-refractivity contribution in [3.05, 3.63) is 29.6 Å². The second kappa shape index (κ2) is 3.19. The fraction of sp³-hybridized carbons (Fsp3) is 0.273. The van der Waals surface area contributed by atoms with Crippen molar-refractivity contribution in [2.75, 3.05) is 6.61 Å². The van der Waals surface area contributed by atoms with Gasteiger partial charge in [-0.05, 0) is 6.07 Å². The lowest BCUT2D eigenvalue weighted by Crippen LogP contribution is -2.47. The van der Waals surface area contributed by atoms with Gasteiger partial charge < -0.3 is 10.1 Å². The van der Waals surface area contributed by atoms with Crippen molar-refractivity contribution in [1.29, 1.82) is 0 Å². The Morgan fingerprint density at radius 1 is 1.35 bits per heavy atom. The molecule has 5 nitrogen and oxygen atoms in total. The van der Waals surface area contributed by atoms with E-state index < -0.39 is 23.3 Å². The van der Waals surface area contributed by atoms with Crippen LogP contribution in [0, 0.1) is 5.82 Å². The van der Waals surface area contributed by atoms with Gasteiger partial charge in [0.1, 0.15) is 0 Å². The Morgan fingerprint density at radius 2 is 2.18 bits per heavy atom. The summed E-state index contributed by atoms with van der Waals surface area (Å²) in [6, 6.07) is 3.77. The van der Waals surface area contributed by atoms with E-state index in [1.807, 2.05) is 0 Å². The molecule has 3 rings (SSSR count). The van der Waals surface area contributed by atoms with Crippen LogP contribution < -0.4 is 15.4 Å². The van der Waals surface area contributed by atoms with Crippen molar-refractivity contribution in [1.82, 2.24) is 10.6 Å². The molecule has 1 unspecified atom stereocenters. The highest BCUT2D eigenvalue weighted by Crippen LogP contribution is 2.40. The number of nitrogens with one attached hydrogen (secondary N) is 2. The summed E-state index contributed by atoms with van der Waals surface area (Å²) in [5.41, 5.74) is -0.820. The van der Waals surface area contributed by atoms with Crippen molar-refractivity contribution < 1.29 is 18.7 Å². The Morgan fingerprint density at radius 3 is 2.88 bits per heavy atom. The SMILES string of the molecule is O=C1NC(=O)C2(CCOc3c(F)cccc32)N1. The van der Waals surface area contributed by atoms with Gasteiger partial charge in [0, 0.05) is 12.0 Å². The van der Waals surface area contributed by atoms with Crippen molar-refractivity contribution in [2.45, 2.75) is 12.0 Å². The van der Waals surface area contributed by atoms with Gasteiger partial charge in [0.15, 0.2) is 17.1 Å². The summed E-state index contributed by atoms with van der Waals surface area (Å²) in [4.78, 5) is 23.1. The molecular weight excluding hydrogens is 227 g/mol. The Bertz CT molecular complexity index is 531. The molecule has 2 heterocycles. The quantitative estimate of drug-likeness (QED) is 0.650. The minimum absolute atomic E-state index is 0.0381. The maximum Gasteiger partial charge on any atom is 0.322 e. The third-order valence-corrected chi connectivity index (χ3v) is 3.09. The molecule has 1 spiro atoms. The first kappa shape index (κ1) is 10.1. The van der Waals surface area contributed by atoms with Gasteiger partial charge in [-0.15, -0.1) is 0 Å². The van der Waals surface area contributed by atoms with Crippen molar-refractivity contribution in [2.24, 2.45) is 0 Å². The lowest BCUT2D eigenvalue weighted by atomic mass is 9.84. The minimum Gasteiger partial charge on any atom is -0.490 e. The molecule has 88 valence electrons. The Labute approximate surface area is 95.9 Å². The van der Waals surface area contributed by atoms with Crippen LogP contribution in [-0.4, -0.2) is 18.5 Å². The zero-order valence-corrected chi connectivity index (χ0v) is 8.75.